The van der Waals surface area contributed by atoms with Gasteiger partial charge in [-0.25, -0.2) is 0 Å². The van der Waals surface area contributed by atoms with E-state index in [4.69, 9.17) is 0 Å². The lowest BCUT2D eigenvalue weighted by Gasteiger charge is -2.31. The van der Waals surface area contributed by atoms with Gasteiger partial charge in [-0.3, -0.25) is 14.7 Å². The van der Waals surface area contributed by atoms with Gasteiger partial charge in [0.2, 0.25) is 0 Å². The standard InChI is InChI=1S/C63H60N6/c1-40-61-52(28-31-64(40)4)55-37-43(22-25-58(55)67(61)49-16-10-7-11-17-49)46-34-47(44-23-26-59-56(38-44)53-29-32-65(5)41(2)62(53)68(59)50-18-12-8-13-19-50)36-48(35-46)45-24-27-60-57(39-45)54-30-33-66(6)42(3)63(54)69(60)51-20-14-9-15-21-51/h7-27,34-42H,28-33H2,1-6H3. The molecular weight excluding hydrogens is 841 g/mol. The number of hydrogen-bond acceptors (Lipinski definition) is 3. The first-order valence-corrected chi connectivity index (χ1v) is 25.2. The SMILES string of the molecule is CC1c2c(c3cc(-c4cc(-c5ccc6c(c5)c5c(n6-c6ccccc6)C(C)N(C)CC5)cc(-c5ccc6c(c5)c5c(n6-c6ccccc6)C(C)N(C)CC5)c4)ccc3n2-c2ccccc2)CCN1C. The number of para-hydroxylation sites is 3. The molecule has 7 aromatic carbocycles. The molecular formula is C63H60N6. The van der Waals surface area contributed by atoms with Crippen molar-refractivity contribution in [3.8, 4) is 50.4 Å². The molecule has 6 nitrogen and oxygen atoms in total. The van der Waals surface area contributed by atoms with Crippen molar-refractivity contribution in [1.82, 2.24) is 28.4 Å². The van der Waals surface area contributed by atoms with E-state index in [9.17, 15) is 0 Å². The highest BCUT2D eigenvalue weighted by Crippen LogP contribution is 2.45. The van der Waals surface area contributed by atoms with Crippen molar-refractivity contribution >= 4 is 32.7 Å². The Labute approximate surface area is 406 Å². The van der Waals surface area contributed by atoms with Crippen LogP contribution in [0, 0.1) is 0 Å². The van der Waals surface area contributed by atoms with Gasteiger partial charge in [0, 0.05) is 88.1 Å². The van der Waals surface area contributed by atoms with Gasteiger partial charge in [-0.2, -0.15) is 0 Å². The van der Waals surface area contributed by atoms with E-state index in [0.29, 0.717) is 18.1 Å². The molecule has 0 saturated heterocycles. The molecule has 0 radical (unpaired) electrons. The summed E-state index contributed by atoms with van der Waals surface area (Å²) in [7, 11) is 6.81. The van der Waals surface area contributed by atoms with E-state index in [2.05, 4.69) is 234 Å². The average Bonchev–Trinajstić information content (AvgIpc) is 4.03. The van der Waals surface area contributed by atoms with Gasteiger partial charge in [0.15, 0.2) is 0 Å². The monoisotopic (exact) mass is 900 g/mol. The molecule has 0 saturated carbocycles. The molecule has 0 spiro atoms. The molecule has 3 aromatic heterocycles. The highest BCUT2D eigenvalue weighted by molar-refractivity contribution is 5.97. The first-order chi connectivity index (χ1) is 33.7. The summed E-state index contributed by atoms with van der Waals surface area (Å²) in [6, 6.07) is 63.0. The van der Waals surface area contributed by atoms with Crippen LogP contribution in [0.3, 0.4) is 0 Å². The van der Waals surface area contributed by atoms with Crippen molar-refractivity contribution in [3.05, 3.63) is 198 Å². The van der Waals surface area contributed by atoms with Gasteiger partial charge in [0.25, 0.3) is 0 Å². The van der Waals surface area contributed by atoms with E-state index >= 15 is 0 Å². The molecule has 6 heterocycles. The van der Waals surface area contributed by atoms with Gasteiger partial charge in [0.1, 0.15) is 0 Å². The number of likely N-dealkylation sites (N-methyl/N-ethyl adjacent to an activating group) is 3. The Morgan fingerprint density at radius 3 is 0.870 bits per heavy atom. The summed E-state index contributed by atoms with van der Waals surface area (Å²) in [6.07, 6.45) is 3.10. The molecule has 342 valence electrons. The van der Waals surface area contributed by atoms with E-state index in [-0.39, 0.29) is 0 Å². The summed E-state index contributed by atoms with van der Waals surface area (Å²) in [5, 5.41) is 4.09. The van der Waals surface area contributed by atoms with E-state index < -0.39 is 0 Å². The Bertz CT molecular complexity index is 3220. The zero-order valence-corrected chi connectivity index (χ0v) is 40.7. The summed E-state index contributed by atoms with van der Waals surface area (Å²) in [6.45, 7) is 10.3. The van der Waals surface area contributed by atoms with Crippen molar-refractivity contribution in [2.45, 2.75) is 58.2 Å². The lowest BCUT2D eigenvalue weighted by molar-refractivity contribution is 0.241. The second-order valence-corrected chi connectivity index (χ2v) is 20.3. The van der Waals surface area contributed by atoms with Crippen LogP contribution in [0.5, 0.6) is 0 Å². The Balaban J connectivity index is 1.03. The third-order valence-corrected chi connectivity index (χ3v) is 16.6. The summed E-state index contributed by atoms with van der Waals surface area (Å²) in [4.78, 5) is 7.50. The smallest absolute Gasteiger partial charge is 0.0535 e. The van der Waals surface area contributed by atoms with Crippen LogP contribution in [-0.2, 0) is 19.3 Å². The molecule has 3 aliphatic rings. The first-order valence-electron chi connectivity index (χ1n) is 25.2. The van der Waals surface area contributed by atoms with E-state index in [1.165, 1.54) is 117 Å². The number of nitrogens with zero attached hydrogens (tertiary/aromatic N) is 6. The maximum absolute atomic E-state index is 2.53. The minimum Gasteiger partial charge on any atom is -0.312 e. The molecule has 0 fully saturated rings. The summed E-state index contributed by atoms with van der Waals surface area (Å²) >= 11 is 0. The predicted molar refractivity (Wildman–Crippen MR) is 287 cm³/mol. The summed E-state index contributed by atoms with van der Waals surface area (Å²) < 4.78 is 7.59. The minimum absolute atomic E-state index is 0.307. The van der Waals surface area contributed by atoms with Gasteiger partial charge in [-0.1, -0.05) is 72.8 Å². The molecule has 3 aliphatic heterocycles. The molecule has 0 bridgehead atoms. The van der Waals surface area contributed by atoms with Crippen LogP contribution in [0.25, 0.3) is 83.2 Å². The van der Waals surface area contributed by atoms with Crippen LogP contribution in [0.4, 0.5) is 0 Å². The average molecular weight is 901 g/mol. The second-order valence-electron chi connectivity index (χ2n) is 20.3. The van der Waals surface area contributed by atoms with E-state index in [0.717, 1.165) is 38.9 Å². The molecule has 69 heavy (non-hydrogen) atoms. The largest absolute Gasteiger partial charge is 0.312 e. The molecule has 13 rings (SSSR count). The molecule has 0 amide bonds. The van der Waals surface area contributed by atoms with Crippen molar-refractivity contribution < 1.29 is 0 Å². The zero-order valence-electron chi connectivity index (χ0n) is 40.7. The van der Waals surface area contributed by atoms with Crippen LogP contribution >= 0.6 is 0 Å². The fourth-order valence-electron chi connectivity index (χ4n) is 12.5. The zero-order chi connectivity index (χ0) is 46.7. The van der Waals surface area contributed by atoms with Crippen LogP contribution in [0.15, 0.2) is 164 Å². The first kappa shape index (κ1) is 42.2. The van der Waals surface area contributed by atoms with Crippen molar-refractivity contribution in [3.63, 3.8) is 0 Å². The predicted octanol–water partition coefficient (Wildman–Crippen LogP) is 14.2. The minimum atomic E-state index is 0.307. The maximum Gasteiger partial charge on any atom is 0.0535 e. The van der Waals surface area contributed by atoms with E-state index in [1.807, 2.05) is 0 Å². The molecule has 10 aromatic rings. The highest BCUT2D eigenvalue weighted by atomic mass is 15.2. The maximum atomic E-state index is 2.53. The molecule has 3 atom stereocenters. The number of rotatable bonds is 6. The summed E-state index contributed by atoms with van der Waals surface area (Å²) in [5.74, 6) is 0. The van der Waals surface area contributed by atoms with Gasteiger partial charge in [0.05, 0.1) is 16.6 Å². The van der Waals surface area contributed by atoms with Crippen LogP contribution in [-0.4, -0.2) is 69.2 Å². The molecule has 0 N–H and O–H groups in total. The lowest BCUT2D eigenvalue weighted by atomic mass is 9.90. The lowest BCUT2D eigenvalue weighted by Crippen LogP contribution is -2.31. The van der Waals surface area contributed by atoms with Crippen molar-refractivity contribution in [1.29, 1.82) is 0 Å². The number of fused-ring (bicyclic) bond motifs is 9. The van der Waals surface area contributed by atoms with Crippen molar-refractivity contribution in [2.75, 3.05) is 40.8 Å². The third-order valence-electron chi connectivity index (χ3n) is 16.6. The fourth-order valence-corrected chi connectivity index (χ4v) is 12.5. The Morgan fingerprint density at radius 2 is 0.594 bits per heavy atom. The van der Waals surface area contributed by atoms with Crippen LogP contribution < -0.4 is 0 Å². The Morgan fingerprint density at radius 1 is 0.319 bits per heavy atom. The highest BCUT2D eigenvalue weighted by Gasteiger charge is 2.32. The number of aromatic nitrogens is 3. The molecule has 6 heteroatoms. The third kappa shape index (κ3) is 6.64. The van der Waals surface area contributed by atoms with Gasteiger partial charge >= 0.3 is 0 Å². The normalized spacial score (nSPS) is 18.8. The quantitative estimate of drug-likeness (QED) is 0.166. The van der Waals surface area contributed by atoms with Gasteiger partial charge in [-0.15, -0.1) is 0 Å². The number of hydrogen-bond donors (Lipinski definition) is 0. The van der Waals surface area contributed by atoms with Gasteiger partial charge in [-0.05, 0) is 202 Å². The number of benzene rings is 7. The van der Waals surface area contributed by atoms with E-state index in [1.54, 1.807) is 0 Å². The summed E-state index contributed by atoms with van der Waals surface area (Å²) in [5.41, 5.74) is 23.7. The van der Waals surface area contributed by atoms with Gasteiger partial charge < -0.3 is 13.7 Å². The molecule has 3 unspecified atom stereocenters. The fraction of sp³-hybridized carbons (Fsp3) is 0.238. The van der Waals surface area contributed by atoms with Crippen LogP contribution in [0.2, 0.25) is 0 Å². The Hall–Kier alpha value is -6.96. The Kier molecular flexibility index (Phi) is 9.99. The van der Waals surface area contributed by atoms with Crippen LogP contribution in [0.1, 0.15) is 72.7 Å². The molecule has 0 aliphatic carbocycles. The second kappa shape index (κ2) is 16.3. The topological polar surface area (TPSA) is 24.5 Å². The van der Waals surface area contributed by atoms with Crippen molar-refractivity contribution in [2.24, 2.45) is 0 Å².